The van der Waals surface area contributed by atoms with E-state index in [4.69, 9.17) is 19.4 Å². The molecule has 2 aliphatic rings. The molecule has 0 atom stereocenters. The summed E-state index contributed by atoms with van der Waals surface area (Å²) < 4.78 is 13.5. The van der Waals surface area contributed by atoms with Crippen molar-refractivity contribution in [3.63, 3.8) is 0 Å². The van der Waals surface area contributed by atoms with E-state index in [0.29, 0.717) is 0 Å². The molecule has 0 spiro atoms. The quantitative estimate of drug-likeness (QED) is 0.221. The Bertz CT molecular complexity index is 1670. The monoisotopic (exact) mass is 536 g/mol. The first-order chi connectivity index (χ1) is 19.6. The van der Waals surface area contributed by atoms with Gasteiger partial charge >= 0.3 is 6.71 Å². The lowest BCUT2D eigenvalue weighted by Gasteiger charge is -2.36. The van der Waals surface area contributed by atoms with Crippen molar-refractivity contribution in [2.45, 2.75) is 52.4 Å². The summed E-state index contributed by atoms with van der Waals surface area (Å²) in [5.41, 5.74) is 8.69. The summed E-state index contributed by atoms with van der Waals surface area (Å²) in [7, 11) is 0. The third kappa shape index (κ3) is 4.23. The van der Waals surface area contributed by atoms with E-state index in [2.05, 4.69) is 102 Å². The number of benzene rings is 3. The Kier molecular flexibility index (Phi) is 5.66. The fourth-order valence-corrected chi connectivity index (χ4v) is 5.95. The van der Waals surface area contributed by atoms with Gasteiger partial charge in [0.2, 0.25) is 0 Å². The van der Waals surface area contributed by atoms with Gasteiger partial charge in [-0.25, -0.2) is 0 Å². The second-order valence-electron chi connectivity index (χ2n) is 13.1. The number of aromatic nitrogens is 2. The van der Waals surface area contributed by atoms with Crippen LogP contribution < -0.4 is 26.1 Å². The predicted molar refractivity (Wildman–Crippen MR) is 168 cm³/mol. The van der Waals surface area contributed by atoms with E-state index >= 15 is 0 Å². The molecule has 4 nitrogen and oxygen atoms in total. The number of pyridine rings is 2. The lowest BCUT2D eigenvalue weighted by Crippen LogP contribution is -2.60. The van der Waals surface area contributed by atoms with Crippen molar-refractivity contribution in [2.75, 3.05) is 0 Å². The summed E-state index contributed by atoms with van der Waals surface area (Å²) in [6.45, 7) is 13.1. The van der Waals surface area contributed by atoms with Gasteiger partial charge in [-0.3, -0.25) is 9.97 Å². The van der Waals surface area contributed by atoms with Crippen LogP contribution in [0.5, 0.6) is 23.0 Å². The first-order valence-electron chi connectivity index (χ1n) is 14.3. The topological polar surface area (TPSA) is 44.2 Å². The van der Waals surface area contributed by atoms with E-state index in [1.165, 1.54) is 0 Å². The highest BCUT2D eigenvalue weighted by atomic mass is 16.5. The van der Waals surface area contributed by atoms with Crippen LogP contribution in [-0.4, -0.2) is 16.7 Å². The van der Waals surface area contributed by atoms with Gasteiger partial charge in [0, 0.05) is 27.7 Å². The Labute approximate surface area is 242 Å². The summed E-state index contributed by atoms with van der Waals surface area (Å²) in [4.78, 5) is 10.7. The van der Waals surface area contributed by atoms with Crippen molar-refractivity contribution in [1.82, 2.24) is 9.97 Å². The molecule has 202 valence electrons. The number of ether oxygens (including phenoxy) is 2. The van der Waals surface area contributed by atoms with Crippen molar-refractivity contribution in [2.24, 2.45) is 0 Å². The van der Waals surface area contributed by atoms with Gasteiger partial charge in [0.25, 0.3) is 0 Å². The Morgan fingerprint density at radius 1 is 0.537 bits per heavy atom. The molecular formula is C36H33BN2O2. The zero-order chi connectivity index (χ0) is 28.5. The van der Waals surface area contributed by atoms with Crippen molar-refractivity contribution >= 4 is 23.4 Å². The third-order valence-electron chi connectivity index (χ3n) is 8.04. The van der Waals surface area contributed by atoms with Crippen molar-refractivity contribution in [1.29, 1.82) is 0 Å². The maximum Gasteiger partial charge on any atom is 0.307 e. The number of rotatable bonds is 2. The van der Waals surface area contributed by atoms with Crippen LogP contribution >= 0.6 is 0 Å². The van der Waals surface area contributed by atoms with E-state index in [1.807, 2.05) is 30.3 Å². The molecule has 7 rings (SSSR count). The molecule has 0 aliphatic carbocycles. The molecule has 0 saturated carbocycles. The molecule has 0 radical (unpaired) electrons. The maximum absolute atomic E-state index is 6.73. The number of fused-ring (bicyclic) bond motifs is 4. The van der Waals surface area contributed by atoms with Crippen LogP contribution in [0.15, 0.2) is 91.0 Å². The zero-order valence-corrected chi connectivity index (χ0v) is 24.4. The summed E-state index contributed by atoms with van der Waals surface area (Å²) >= 11 is 0. The minimum Gasteiger partial charge on any atom is -0.456 e. The number of hydrogen-bond acceptors (Lipinski definition) is 4. The first kappa shape index (κ1) is 25.6. The molecular weight excluding hydrogens is 503 g/mol. The van der Waals surface area contributed by atoms with Crippen molar-refractivity contribution in [3.05, 3.63) is 102 Å². The van der Waals surface area contributed by atoms with E-state index in [1.54, 1.807) is 0 Å². The highest BCUT2D eigenvalue weighted by molar-refractivity contribution is 6.97. The average Bonchev–Trinajstić information content (AvgIpc) is 2.96. The molecule has 0 bridgehead atoms. The zero-order valence-electron chi connectivity index (χ0n) is 24.4. The first-order valence-corrected chi connectivity index (χ1v) is 14.3. The molecule has 2 aliphatic heterocycles. The largest absolute Gasteiger partial charge is 0.456 e. The molecule has 0 saturated heterocycles. The highest BCUT2D eigenvalue weighted by Gasteiger charge is 2.46. The Morgan fingerprint density at radius 2 is 0.951 bits per heavy atom. The molecule has 0 amide bonds. The van der Waals surface area contributed by atoms with E-state index in [-0.39, 0.29) is 17.5 Å². The molecule has 3 aromatic carbocycles. The van der Waals surface area contributed by atoms with Gasteiger partial charge in [-0.15, -0.1) is 0 Å². The van der Waals surface area contributed by atoms with Gasteiger partial charge in [0.1, 0.15) is 23.0 Å². The molecule has 41 heavy (non-hydrogen) atoms. The Morgan fingerprint density at radius 3 is 1.34 bits per heavy atom. The number of hydrogen-bond donors (Lipinski definition) is 0. The van der Waals surface area contributed by atoms with Crippen LogP contribution in [0.1, 0.15) is 52.7 Å². The minimum atomic E-state index is -0.233. The SMILES string of the molecule is CC(C)(C)c1cc(-c2ccccc2)nc2c1Oc1cccc3c1B2c1nc(-c2ccccc2)cc(C(C)(C)C)c1O3. The van der Waals surface area contributed by atoms with Crippen LogP contribution in [0.3, 0.4) is 0 Å². The fraction of sp³-hybridized carbons (Fsp3) is 0.222. The van der Waals surface area contributed by atoms with Crippen LogP contribution in [-0.2, 0) is 10.8 Å². The smallest absolute Gasteiger partial charge is 0.307 e. The molecule has 0 fully saturated rings. The minimum absolute atomic E-state index is 0.171. The van der Waals surface area contributed by atoms with Crippen molar-refractivity contribution < 1.29 is 9.47 Å². The summed E-state index contributed by atoms with van der Waals surface area (Å²) in [5.74, 6) is 3.25. The summed E-state index contributed by atoms with van der Waals surface area (Å²) in [6.07, 6.45) is 0. The molecule has 0 N–H and O–H groups in total. The summed E-state index contributed by atoms with van der Waals surface area (Å²) in [6, 6.07) is 31.2. The second kappa shape index (κ2) is 9.07. The normalized spacial score (nSPS) is 13.5. The number of nitrogens with zero attached hydrogens (tertiary/aromatic N) is 2. The lowest BCUT2D eigenvalue weighted by molar-refractivity contribution is 0.439. The van der Waals surface area contributed by atoms with E-state index in [0.717, 1.165) is 73.3 Å². The second-order valence-corrected chi connectivity index (χ2v) is 13.1. The van der Waals surface area contributed by atoms with Gasteiger partial charge in [-0.2, -0.15) is 0 Å². The standard InChI is InChI=1S/C36H33BN2O2/c1-35(2,3)24-20-26(22-14-9-7-10-15-22)38-33-31(24)40-28-18-13-19-29-30(28)37(33)34-32(41-29)25(36(4,5)6)21-27(39-34)23-16-11-8-12-17-23/h7-21H,1-6H3. The van der Waals surface area contributed by atoms with Gasteiger partial charge in [0.05, 0.1) is 22.6 Å². The molecule has 4 heterocycles. The molecule has 5 aromatic rings. The van der Waals surface area contributed by atoms with Crippen molar-refractivity contribution in [3.8, 4) is 45.5 Å². The highest BCUT2D eigenvalue weighted by Crippen LogP contribution is 2.42. The Balaban J connectivity index is 1.57. The van der Waals surface area contributed by atoms with Gasteiger partial charge in [0.15, 0.2) is 0 Å². The molecule has 5 heteroatoms. The molecule has 0 unspecified atom stereocenters. The lowest BCUT2D eigenvalue weighted by atomic mass is 9.37. The van der Waals surface area contributed by atoms with E-state index in [9.17, 15) is 0 Å². The third-order valence-corrected chi connectivity index (χ3v) is 8.04. The summed E-state index contributed by atoms with van der Waals surface area (Å²) in [5, 5.41) is 0. The average molecular weight is 536 g/mol. The van der Waals surface area contributed by atoms with Crippen LogP contribution in [0, 0.1) is 0 Å². The van der Waals surface area contributed by atoms with Crippen LogP contribution in [0.2, 0.25) is 0 Å². The molecule has 2 aromatic heterocycles. The predicted octanol–water partition coefficient (Wildman–Crippen LogP) is 7.13. The fourth-order valence-electron chi connectivity index (χ4n) is 5.95. The van der Waals surface area contributed by atoms with Crippen LogP contribution in [0.25, 0.3) is 22.5 Å². The van der Waals surface area contributed by atoms with Gasteiger partial charge < -0.3 is 9.47 Å². The maximum atomic E-state index is 6.73. The Hall–Kier alpha value is -4.38. The van der Waals surface area contributed by atoms with E-state index < -0.39 is 0 Å². The van der Waals surface area contributed by atoms with Crippen LogP contribution in [0.4, 0.5) is 0 Å². The van der Waals surface area contributed by atoms with Gasteiger partial charge in [-0.05, 0) is 35.1 Å². The van der Waals surface area contributed by atoms with Gasteiger partial charge in [-0.1, -0.05) is 108 Å².